The van der Waals surface area contributed by atoms with Crippen molar-refractivity contribution in [1.29, 1.82) is 0 Å². The number of halogens is 1. The van der Waals surface area contributed by atoms with Crippen molar-refractivity contribution < 1.29 is 14.3 Å². The first kappa shape index (κ1) is 11.0. The van der Waals surface area contributed by atoms with Crippen LogP contribution in [0.15, 0.2) is 39.2 Å². The summed E-state index contributed by atoms with van der Waals surface area (Å²) in [5.41, 5.74) is 0.479. The van der Waals surface area contributed by atoms with E-state index in [0.717, 1.165) is 4.47 Å². The zero-order valence-corrected chi connectivity index (χ0v) is 10.1. The highest BCUT2D eigenvalue weighted by atomic mass is 79.9. The molecule has 16 heavy (non-hydrogen) atoms. The molecule has 0 aliphatic carbocycles. The van der Waals surface area contributed by atoms with Crippen LogP contribution in [0, 0.1) is 6.92 Å². The van der Waals surface area contributed by atoms with Gasteiger partial charge in [-0.15, -0.1) is 0 Å². The fourth-order valence-electron chi connectivity index (χ4n) is 1.40. The van der Waals surface area contributed by atoms with Crippen molar-refractivity contribution in [3.63, 3.8) is 0 Å². The predicted octanol–water partition coefficient (Wildman–Crippen LogP) is 3.29. The second kappa shape index (κ2) is 4.14. The number of carbonyl (C=O) groups is 1. The van der Waals surface area contributed by atoms with E-state index >= 15 is 0 Å². The van der Waals surface area contributed by atoms with Crippen LogP contribution in [0.5, 0.6) is 5.75 Å². The Morgan fingerprint density at radius 2 is 1.94 bits per heavy atom. The summed E-state index contributed by atoms with van der Waals surface area (Å²) >= 11 is 3.29. The van der Waals surface area contributed by atoms with Gasteiger partial charge >= 0.3 is 0 Å². The minimum absolute atomic E-state index is 0.0141. The van der Waals surface area contributed by atoms with Gasteiger partial charge in [0.25, 0.3) is 0 Å². The Hall–Kier alpha value is -1.55. The number of aromatic hydroxyl groups is 1. The van der Waals surface area contributed by atoms with Gasteiger partial charge in [-0.1, -0.05) is 15.9 Å². The number of hydrogen-bond donors (Lipinski definition) is 1. The minimum atomic E-state index is -0.321. The highest BCUT2D eigenvalue weighted by Crippen LogP contribution is 2.24. The smallest absolute Gasteiger partial charge is 0.232 e. The molecule has 0 saturated carbocycles. The lowest BCUT2D eigenvalue weighted by Crippen LogP contribution is -1.99. The zero-order valence-electron chi connectivity index (χ0n) is 8.53. The molecule has 0 spiro atoms. The monoisotopic (exact) mass is 280 g/mol. The number of hydrogen-bond acceptors (Lipinski definition) is 3. The molecule has 0 amide bonds. The average Bonchev–Trinajstić information content (AvgIpc) is 2.58. The number of rotatable bonds is 2. The van der Waals surface area contributed by atoms with Crippen LogP contribution in [0.3, 0.4) is 0 Å². The third-order valence-electron chi connectivity index (χ3n) is 2.15. The van der Waals surface area contributed by atoms with Crippen LogP contribution in [-0.4, -0.2) is 10.9 Å². The molecule has 4 heteroatoms. The van der Waals surface area contributed by atoms with Gasteiger partial charge in [0.05, 0.1) is 0 Å². The maximum absolute atomic E-state index is 11.9. The van der Waals surface area contributed by atoms with Crippen LogP contribution in [0.25, 0.3) is 0 Å². The molecule has 0 saturated heterocycles. The Balaban J connectivity index is 2.39. The molecule has 2 aromatic rings. The summed E-state index contributed by atoms with van der Waals surface area (Å²) in [4.78, 5) is 11.9. The maximum atomic E-state index is 11.9. The Bertz CT molecular complexity index is 526. The van der Waals surface area contributed by atoms with E-state index in [1.54, 1.807) is 31.2 Å². The average molecular weight is 281 g/mol. The van der Waals surface area contributed by atoms with Crippen molar-refractivity contribution in [1.82, 2.24) is 0 Å². The van der Waals surface area contributed by atoms with Crippen LogP contribution in [-0.2, 0) is 0 Å². The molecule has 82 valence electrons. The maximum Gasteiger partial charge on any atom is 0.232 e. The quantitative estimate of drug-likeness (QED) is 0.859. The highest BCUT2D eigenvalue weighted by molar-refractivity contribution is 9.10. The first-order chi connectivity index (χ1) is 7.58. The van der Waals surface area contributed by atoms with E-state index in [1.165, 1.54) is 6.07 Å². The Morgan fingerprint density at radius 3 is 2.44 bits per heavy atom. The predicted molar refractivity (Wildman–Crippen MR) is 62.7 cm³/mol. The molecule has 0 atom stereocenters. The lowest BCUT2D eigenvalue weighted by atomic mass is 10.1. The summed E-state index contributed by atoms with van der Waals surface area (Å²) in [7, 11) is 0. The van der Waals surface area contributed by atoms with E-state index in [0.29, 0.717) is 11.3 Å². The van der Waals surface area contributed by atoms with Gasteiger partial charge in [0.1, 0.15) is 5.76 Å². The Kier molecular flexibility index (Phi) is 2.83. The van der Waals surface area contributed by atoms with Gasteiger partial charge in [-0.3, -0.25) is 4.79 Å². The molecule has 0 radical (unpaired) electrons. The third kappa shape index (κ3) is 2.02. The lowest BCUT2D eigenvalue weighted by molar-refractivity contribution is 0.100. The SMILES string of the molecule is Cc1cc(O)c(C(=O)c2ccc(Br)cc2)o1. The number of benzene rings is 1. The highest BCUT2D eigenvalue weighted by Gasteiger charge is 2.18. The van der Waals surface area contributed by atoms with Crippen molar-refractivity contribution >= 4 is 21.7 Å². The molecule has 3 nitrogen and oxygen atoms in total. The summed E-state index contributed by atoms with van der Waals surface area (Å²) in [6.07, 6.45) is 0. The van der Waals surface area contributed by atoms with Crippen molar-refractivity contribution in [3.05, 3.63) is 51.9 Å². The summed E-state index contributed by atoms with van der Waals surface area (Å²) in [6, 6.07) is 8.29. The Labute approximate surface area is 101 Å². The molecule has 0 fully saturated rings. The third-order valence-corrected chi connectivity index (χ3v) is 2.68. The van der Waals surface area contributed by atoms with Gasteiger partial charge in [0, 0.05) is 16.1 Å². The van der Waals surface area contributed by atoms with Gasteiger partial charge < -0.3 is 9.52 Å². The van der Waals surface area contributed by atoms with Crippen molar-refractivity contribution in [2.75, 3.05) is 0 Å². The number of ketones is 1. The second-order valence-corrected chi connectivity index (χ2v) is 4.32. The normalized spacial score (nSPS) is 10.4. The molecule has 1 aromatic heterocycles. The fourth-order valence-corrected chi connectivity index (χ4v) is 1.66. The van der Waals surface area contributed by atoms with E-state index in [2.05, 4.69) is 15.9 Å². The zero-order chi connectivity index (χ0) is 11.7. The van der Waals surface area contributed by atoms with Crippen LogP contribution >= 0.6 is 15.9 Å². The van der Waals surface area contributed by atoms with Crippen molar-refractivity contribution in [2.45, 2.75) is 6.92 Å². The molecule has 0 aliphatic rings. The largest absolute Gasteiger partial charge is 0.504 e. The van der Waals surface area contributed by atoms with E-state index in [9.17, 15) is 9.90 Å². The molecule has 0 unspecified atom stereocenters. The van der Waals surface area contributed by atoms with Crippen LogP contribution in [0.2, 0.25) is 0 Å². The number of furan rings is 1. The van der Waals surface area contributed by atoms with Crippen LogP contribution in [0.4, 0.5) is 0 Å². The van der Waals surface area contributed by atoms with E-state index in [1.807, 2.05) is 0 Å². The molecule has 2 rings (SSSR count). The minimum Gasteiger partial charge on any atom is -0.504 e. The van der Waals surface area contributed by atoms with Crippen molar-refractivity contribution in [3.8, 4) is 5.75 Å². The van der Waals surface area contributed by atoms with Crippen LogP contribution < -0.4 is 0 Å². The van der Waals surface area contributed by atoms with E-state index in [4.69, 9.17) is 4.42 Å². The van der Waals surface area contributed by atoms with E-state index in [-0.39, 0.29) is 17.3 Å². The topological polar surface area (TPSA) is 50.4 Å². The molecule has 1 N–H and O–H groups in total. The summed E-state index contributed by atoms with van der Waals surface area (Å²) in [5, 5.41) is 9.49. The van der Waals surface area contributed by atoms with E-state index < -0.39 is 0 Å². The summed E-state index contributed by atoms with van der Waals surface area (Å²) < 4.78 is 6.04. The lowest BCUT2D eigenvalue weighted by Gasteiger charge is -1.98. The summed E-state index contributed by atoms with van der Waals surface area (Å²) in [6.45, 7) is 1.68. The molecule has 0 bridgehead atoms. The van der Waals surface area contributed by atoms with Crippen LogP contribution in [0.1, 0.15) is 21.9 Å². The molecular weight excluding hydrogens is 272 g/mol. The molecular formula is C12H9BrO3. The molecule has 0 aliphatic heterocycles. The first-order valence-electron chi connectivity index (χ1n) is 4.67. The standard InChI is InChI=1S/C12H9BrO3/c1-7-6-10(14)12(16-7)11(15)8-2-4-9(13)5-3-8/h2-6,14H,1H3. The van der Waals surface area contributed by atoms with Gasteiger partial charge in [0.2, 0.25) is 11.5 Å². The molecule has 1 heterocycles. The number of aryl methyl sites for hydroxylation is 1. The van der Waals surface area contributed by atoms with Gasteiger partial charge in [0.15, 0.2) is 5.75 Å². The van der Waals surface area contributed by atoms with Gasteiger partial charge in [-0.25, -0.2) is 0 Å². The fraction of sp³-hybridized carbons (Fsp3) is 0.0833. The first-order valence-corrected chi connectivity index (χ1v) is 5.47. The van der Waals surface area contributed by atoms with Crippen molar-refractivity contribution in [2.24, 2.45) is 0 Å². The summed E-state index contributed by atoms with van der Waals surface area (Å²) in [5.74, 6) is 0.0568. The van der Waals surface area contributed by atoms with Gasteiger partial charge in [-0.2, -0.15) is 0 Å². The van der Waals surface area contributed by atoms with Gasteiger partial charge in [-0.05, 0) is 31.2 Å². The second-order valence-electron chi connectivity index (χ2n) is 3.41. The Morgan fingerprint density at radius 1 is 1.31 bits per heavy atom. The molecule has 1 aromatic carbocycles. The number of carbonyl (C=O) groups excluding carboxylic acids is 1.